The van der Waals surface area contributed by atoms with Gasteiger partial charge in [-0.1, -0.05) is 24.3 Å². The number of benzene rings is 3. The molecule has 5 rings (SSSR count). The number of carbonyl (C=O) groups excluding carboxylic acids is 2. The third-order valence-corrected chi connectivity index (χ3v) is 5.27. The van der Waals surface area contributed by atoms with Crippen LogP contribution in [0, 0.1) is 0 Å². The van der Waals surface area contributed by atoms with Crippen LogP contribution in [-0.2, 0) is 0 Å². The van der Waals surface area contributed by atoms with Gasteiger partial charge in [-0.15, -0.1) is 0 Å². The van der Waals surface area contributed by atoms with Crippen LogP contribution in [0.4, 0.5) is 0 Å². The maximum absolute atomic E-state index is 12.7. The summed E-state index contributed by atoms with van der Waals surface area (Å²) in [5, 5.41) is 0.721. The fourth-order valence-electron chi connectivity index (χ4n) is 3.66. The van der Waals surface area contributed by atoms with E-state index >= 15 is 0 Å². The number of fused-ring (bicyclic) bond motifs is 2. The predicted octanol–water partition coefficient (Wildman–Crippen LogP) is 5.68. The molecule has 0 saturated heterocycles. The molecule has 7 nitrogen and oxygen atoms in total. The summed E-state index contributed by atoms with van der Waals surface area (Å²) in [4.78, 5) is 25.4. The highest BCUT2D eigenvalue weighted by molar-refractivity contribution is 6.14. The van der Waals surface area contributed by atoms with Gasteiger partial charge in [-0.2, -0.15) is 0 Å². The van der Waals surface area contributed by atoms with Crippen LogP contribution in [0.5, 0.6) is 23.0 Å². The first-order valence-electron chi connectivity index (χ1n) is 10.7. The van der Waals surface area contributed by atoms with Gasteiger partial charge in [0.15, 0.2) is 17.1 Å². The minimum Gasteiger partial charge on any atom is -0.494 e. The second-order valence-electron chi connectivity index (χ2n) is 7.48. The summed E-state index contributed by atoms with van der Waals surface area (Å²) in [6, 6.07) is 18.9. The Bertz CT molecular complexity index is 1430. The summed E-state index contributed by atoms with van der Waals surface area (Å²) in [5.74, 6) is 1.12. The number of furan rings is 1. The number of ether oxygens (including phenoxy) is 4. The van der Waals surface area contributed by atoms with Crippen LogP contribution in [0.25, 0.3) is 17.0 Å². The van der Waals surface area contributed by atoms with Crippen molar-refractivity contribution in [2.45, 2.75) is 6.92 Å². The molecule has 0 radical (unpaired) electrons. The van der Waals surface area contributed by atoms with Gasteiger partial charge >= 0.3 is 5.97 Å². The smallest absolute Gasteiger partial charge is 0.379 e. The Kier molecular flexibility index (Phi) is 5.51. The van der Waals surface area contributed by atoms with Crippen molar-refractivity contribution >= 4 is 28.8 Å². The number of hydrogen-bond donors (Lipinski definition) is 0. The second-order valence-corrected chi connectivity index (χ2v) is 7.48. The molecule has 7 heteroatoms. The average molecular weight is 456 g/mol. The molecule has 0 atom stereocenters. The molecule has 1 aromatic heterocycles. The van der Waals surface area contributed by atoms with Crippen LogP contribution in [0.3, 0.4) is 0 Å². The summed E-state index contributed by atoms with van der Waals surface area (Å²) < 4.78 is 27.5. The molecular weight excluding hydrogens is 436 g/mol. The SMILES string of the molecule is CCOc1ccc(/C=C2\Oc3cc(OC(=O)c4cc5cccc(OC)c5o4)ccc3C2=O)cc1. The molecule has 4 aromatic rings. The molecule has 0 N–H and O–H groups in total. The lowest BCUT2D eigenvalue weighted by Crippen LogP contribution is -2.07. The largest absolute Gasteiger partial charge is 0.494 e. The molecule has 0 fully saturated rings. The molecule has 170 valence electrons. The zero-order valence-electron chi connectivity index (χ0n) is 18.5. The number of ketones is 1. The van der Waals surface area contributed by atoms with Crippen LogP contribution in [-0.4, -0.2) is 25.5 Å². The molecule has 0 unspecified atom stereocenters. The number of carbonyl (C=O) groups is 2. The van der Waals surface area contributed by atoms with E-state index < -0.39 is 5.97 Å². The van der Waals surface area contributed by atoms with E-state index in [0.717, 1.165) is 16.7 Å². The fraction of sp³-hybridized carbons (Fsp3) is 0.111. The third-order valence-electron chi connectivity index (χ3n) is 5.27. The van der Waals surface area contributed by atoms with Crippen LogP contribution in [0.15, 0.2) is 76.9 Å². The summed E-state index contributed by atoms with van der Waals surface area (Å²) in [7, 11) is 1.53. The second kappa shape index (κ2) is 8.78. The zero-order valence-corrected chi connectivity index (χ0v) is 18.5. The minimum atomic E-state index is -0.673. The van der Waals surface area contributed by atoms with Crippen molar-refractivity contribution in [2.24, 2.45) is 0 Å². The zero-order chi connectivity index (χ0) is 23.7. The number of para-hydroxylation sites is 1. The lowest BCUT2D eigenvalue weighted by atomic mass is 10.1. The van der Waals surface area contributed by atoms with E-state index in [1.807, 2.05) is 37.3 Å². The molecule has 2 heterocycles. The van der Waals surface area contributed by atoms with Crippen molar-refractivity contribution in [3.05, 3.63) is 89.4 Å². The molecule has 0 spiro atoms. The van der Waals surface area contributed by atoms with E-state index in [1.165, 1.54) is 13.2 Å². The van der Waals surface area contributed by atoms with E-state index in [0.29, 0.717) is 29.3 Å². The summed E-state index contributed by atoms with van der Waals surface area (Å²) >= 11 is 0. The normalized spacial score (nSPS) is 13.6. The molecule has 0 saturated carbocycles. The van der Waals surface area contributed by atoms with Gasteiger partial charge in [0.05, 0.1) is 19.3 Å². The van der Waals surface area contributed by atoms with Gasteiger partial charge in [-0.05, 0) is 55.0 Å². The molecule has 0 bridgehead atoms. The third kappa shape index (κ3) is 3.99. The topological polar surface area (TPSA) is 84.2 Å². The van der Waals surface area contributed by atoms with Crippen molar-refractivity contribution in [3.8, 4) is 23.0 Å². The van der Waals surface area contributed by atoms with Gasteiger partial charge in [0.2, 0.25) is 11.5 Å². The molecule has 3 aromatic carbocycles. The van der Waals surface area contributed by atoms with E-state index in [9.17, 15) is 9.59 Å². The maximum Gasteiger partial charge on any atom is 0.379 e. The highest BCUT2D eigenvalue weighted by Crippen LogP contribution is 2.35. The quantitative estimate of drug-likeness (QED) is 0.210. The van der Waals surface area contributed by atoms with Crippen molar-refractivity contribution < 1.29 is 33.0 Å². The lowest BCUT2D eigenvalue weighted by molar-refractivity contribution is 0.0703. The number of methoxy groups -OCH3 is 1. The van der Waals surface area contributed by atoms with Gasteiger partial charge in [0.25, 0.3) is 0 Å². The van der Waals surface area contributed by atoms with Gasteiger partial charge in [0, 0.05) is 11.5 Å². The Morgan fingerprint density at radius 3 is 2.56 bits per heavy atom. The molecular formula is C27H20O7. The predicted molar refractivity (Wildman–Crippen MR) is 125 cm³/mol. The highest BCUT2D eigenvalue weighted by Gasteiger charge is 2.28. The molecule has 1 aliphatic rings. The number of Topliss-reactive ketones (excluding diaryl/α,β-unsaturated/α-hetero) is 1. The van der Waals surface area contributed by atoms with Crippen molar-refractivity contribution in [1.29, 1.82) is 0 Å². The van der Waals surface area contributed by atoms with Crippen LogP contribution >= 0.6 is 0 Å². The molecule has 0 aliphatic carbocycles. The first-order chi connectivity index (χ1) is 16.6. The minimum absolute atomic E-state index is 0.0353. The number of allylic oxidation sites excluding steroid dienone is 1. The van der Waals surface area contributed by atoms with Crippen LogP contribution in [0.2, 0.25) is 0 Å². The lowest BCUT2D eigenvalue weighted by Gasteiger charge is -2.04. The summed E-state index contributed by atoms with van der Waals surface area (Å²) in [5.41, 5.74) is 1.65. The number of esters is 1. The van der Waals surface area contributed by atoms with Crippen molar-refractivity contribution in [2.75, 3.05) is 13.7 Å². The van der Waals surface area contributed by atoms with Gasteiger partial charge in [-0.3, -0.25) is 4.79 Å². The highest BCUT2D eigenvalue weighted by atomic mass is 16.6. The van der Waals surface area contributed by atoms with E-state index in [2.05, 4.69) is 0 Å². The Morgan fingerprint density at radius 1 is 1.00 bits per heavy atom. The van der Waals surface area contributed by atoms with Crippen molar-refractivity contribution in [3.63, 3.8) is 0 Å². The van der Waals surface area contributed by atoms with Gasteiger partial charge < -0.3 is 23.4 Å². The average Bonchev–Trinajstić information content (AvgIpc) is 3.42. The van der Waals surface area contributed by atoms with E-state index in [1.54, 1.807) is 36.4 Å². The fourth-order valence-corrected chi connectivity index (χ4v) is 3.66. The van der Waals surface area contributed by atoms with Crippen molar-refractivity contribution in [1.82, 2.24) is 0 Å². The molecule has 34 heavy (non-hydrogen) atoms. The summed E-state index contributed by atoms with van der Waals surface area (Å²) in [6.07, 6.45) is 1.66. The van der Waals surface area contributed by atoms with E-state index in [-0.39, 0.29) is 23.1 Å². The summed E-state index contributed by atoms with van der Waals surface area (Å²) in [6.45, 7) is 2.49. The monoisotopic (exact) mass is 456 g/mol. The Hall–Kier alpha value is -4.52. The Labute approximate surface area is 195 Å². The van der Waals surface area contributed by atoms with Crippen LogP contribution in [0.1, 0.15) is 33.4 Å². The number of rotatable bonds is 6. The van der Waals surface area contributed by atoms with Gasteiger partial charge in [-0.25, -0.2) is 4.79 Å². The Balaban J connectivity index is 1.34. The standard InChI is InChI=1S/C27H20O7/c1-3-31-18-9-7-16(8-10-18)13-23-25(28)20-12-11-19(15-22(20)33-23)32-27(29)24-14-17-5-4-6-21(30-2)26(17)34-24/h4-15H,3H2,1-2H3/b23-13-. The molecule has 1 aliphatic heterocycles. The van der Waals surface area contributed by atoms with E-state index in [4.69, 9.17) is 23.4 Å². The first-order valence-corrected chi connectivity index (χ1v) is 10.7. The first kappa shape index (κ1) is 21.3. The Morgan fingerprint density at radius 2 is 1.79 bits per heavy atom. The molecule has 0 amide bonds. The van der Waals surface area contributed by atoms with Crippen LogP contribution < -0.4 is 18.9 Å². The van der Waals surface area contributed by atoms with Gasteiger partial charge in [0.1, 0.15) is 17.2 Å². The number of hydrogen-bond acceptors (Lipinski definition) is 7. The maximum atomic E-state index is 12.7.